The lowest BCUT2D eigenvalue weighted by atomic mass is 9.88. The van der Waals surface area contributed by atoms with E-state index in [-0.39, 0.29) is 17.4 Å². The molecule has 0 spiro atoms. The van der Waals surface area contributed by atoms with Crippen molar-refractivity contribution in [3.05, 3.63) is 81.5 Å². The van der Waals surface area contributed by atoms with E-state index in [2.05, 4.69) is 29.0 Å². The summed E-state index contributed by atoms with van der Waals surface area (Å²) in [5.41, 5.74) is 5.58. The molecular formula is C27H23N2O6+. The summed E-state index contributed by atoms with van der Waals surface area (Å²) >= 11 is 0. The molecule has 35 heavy (non-hydrogen) atoms. The first-order chi connectivity index (χ1) is 17.1. The van der Waals surface area contributed by atoms with Crippen molar-refractivity contribution in [2.75, 3.05) is 21.0 Å². The summed E-state index contributed by atoms with van der Waals surface area (Å²) in [6, 6.07) is 14.9. The fourth-order valence-electron chi connectivity index (χ4n) is 5.13. The molecule has 8 heteroatoms. The number of methoxy groups -OCH3 is 2. The first-order valence-corrected chi connectivity index (χ1v) is 11.3. The number of non-ortho nitro benzene ring substituents is 1. The maximum atomic E-state index is 11.2. The minimum atomic E-state index is -0.380. The van der Waals surface area contributed by atoms with Gasteiger partial charge in [0, 0.05) is 35.9 Å². The first-order valence-electron chi connectivity index (χ1n) is 11.3. The van der Waals surface area contributed by atoms with Crippen molar-refractivity contribution in [3.63, 3.8) is 0 Å². The van der Waals surface area contributed by atoms with Crippen LogP contribution in [0, 0.1) is 10.1 Å². The first kappa shape index (κ1) is 21.2. The summed E-state index contributed by atoms with van der Waals surface area (Å²) in [5.74, 6) is 2.87. The Bertz CT molecular complexity index is 1500. The highest BCUT2D eigenvalue weighted by Gasteiger charge is 2.32. The van der Waals surface area contributed by atoms with E-state index in [1.165, 1.54) is 5.56 Å². The summed E-state index contributed by atoms with van der Waals surface area (Å²) in [6.45, 7) is 1.02. The summed E-state index contributed by atoms with van der Waals surface area (Å²) < 4.78 is 24.9. The minimum Gasteiger partial charge on any atom is -0.493 e. The van der Waals surface area contributed by atoms with Crippen LogP contribution >= 0.6 is 0 Å². The topological polar surface area (TPSA) is 83.9 Å². The van der Waals surface area contributed by atoms with Gasteiger partial charge >= 0.3 is 0 Å². The van der Waals surface area contributed by atoms with Gasteiger partial charge in [-0.15, -0.1) is 0 Å². The van der Waals surface area contributed by atoms with Crippen molar-refractivity contribution in [3.8, 4) is 34.3 Å². The van der Waals surface area contributed by atoms with E-state index < -0.39 is 0 Å². The largest absolute Gasteiger partial charge is 0.493 e. The van der Waals surface area contributed by atoms with Crippen molar-refractivity contribution in [1.29, 1.82) is 0 Å². The van der Waals surface area contributed by atoms with E-state index in [1.807, 2.05) is 18.2 Å². The summed E-state index contributed by atoms with van der Waals surface area (Å²) in [4.78, 5) is 10.8. The number of fused-ring (bicyclic) bond motifs is 5. The number of hydrogen-bond donors (Lipinski definition) is 0. The number of rotatable bonds is 5. The van der Waals surface area contributed by atoms with Gasteiger partial charge < -0.3 is 18.9 Å². The number of pyridine rings is 1. The number of benzene rings is 3. The maximum absolute atomic E-state index is 11.2. The van der Waals surface area contributed by atoms with E-state index in [4.69, 9.17) is 18.9 Å². The summed E-state index contributed by atoms with van der Waals surface area (Å²) in [6.07, 6.45) is 3.57. The monoisotopic (exact) mass is 471 g/mol. The van der Waals surface area contributed by atoms with E-state index >= 15 is 0 Å². The molecule has 8 nitrogen and oxygen atoms in total. The Morgan fingerprint density at radius 3 is 2.49 bits per heavy atom. The van der Waals surface area contributed by atoms with Crippen molar-refractivity contribution >= 4 is 16.5 Å². The molecule has 3 heterocycles. The molecule has 1 aromatic heterocycles. The van der Waals surface area contributed by atoms with Gasteiger partial charge in [-0.05, 0) is 35.4 Å². The SMILES string of the molecule is COc1ccc2c(Cc3ccc([N+](=O)[O-])cc3)c3[n+](cc2c1OC)CCc1cc2c(cc1-3)OCO2. The molecule has 0 radical (unpaired) electrons. The average Bonchev–Trinajstić information content (AvgIpc) is 3.34. The van der Waals surface area contributed by atoms with Crippen LogP contribution in [0.1, 0.15) is 16.7 Å². The number of aromatic nitrogens is 1. The quantitative estimate of drug-likeness (QED) is 0.240. The molecule has 0 saturated carbocycles. The molecule has 0 unspecified atom stereocenters. The second kappa shape index (κ2) is 8.16. The van der Waals surface area contributed by atoms with Gasteiger partial charge in [0.2, 0.25) is 12.5 Å². The molecule has 0 amide bonds. The Labute approximate surface area is 201 Å². The third-order valence-electron chi connectivity index (χ3n) is 6.77. The van der Waals surface area contributed by atoms with Gasteiger partial charge in [-0.1, -0.05) is 12.1 Å². The van der Waals surface area contributed by atoms with Crippen LogP contribution < -0.4 is 23.5 Å². The lowest BCUT2D eigenvalue weighted by molar-refractivity contribution is -0.686. The van der Waals surface area contributed by atoms with Crippen molar-refractivity contribution in [2.45, 2.75) is 19.4 Å². The molecule has 0 bridgehead atoms. The van der Waals surface area contributed by atoms with Gasteiger partial charge in [0.05, 0.1) is 30.1 Å². The molecule has 2 aliphatic rings. The van der Waals surface area contributed by atoms with Crippen LogP contribution in [0.3, 0.4) is 0 Å². The molecule has 0 fully saturated rings. The van der Waals surface area contributed by atoms with Gasteiger partial charge in [0.25, 0.3) is 5.69 Å². The molecule has 176 valence electrons. The lowest BCUT2D eigenvalue weighted by Crippen LogP contribution is -2.41. The van der Waals surface area contributed by atoms with E-state index in [0.717, 1.165) is 57.6 Å². The standard InChI is InChI=1S/C27H23N2O6/c1-32-23-8-7-19-21(11-16-3-5-18(6-4-16)29(30)31)26-20-13-25-24(34-15-35-25)12-17(20)9-10-28(26)14-22(19)27(23)33-2/h3-8,12-14H,9-11,15H2,1-2H3/q+1. The Kier molecular flexibility index (Phi) is 4.95. The van der Waals surface area contributed by atoms with Gasteiger partial charge in [-0.2, -0.15) is 4.57 Å². The average molecular weight is 471 g/mol. The maximum Gasteiger partial charge on any atom is 0.269 e. The third kappa shape index (κ3) is 3.41. The Hall–Kier alpha value is -4.33. The fourth-order valence-corrected chi connectivity index (χ4v) is 5.13. The summed E-state index contributed by atoms with van der Waals surface area (Å²) in [7, 11) is 3.28. The zero-order valence-electron chi connectivity index (χ0n) is 19.4. The van der Waals surface area contributed by atoms with Crippen LogP contribution in [0.2, 0.25) is 0 Å². The Morgan fingerprint density at radius 1 is 1.00 bits per heavy atom. The van der Waals surface area contributed by atoms with Crippen LogP contribution in [0.4, 0.5) is 5.69 Å². The van der Waals surface area contributed by atoms with Gasteiger partial charge in [0.1, 0.15) is 0 Å². The normalized spacial score (nSPS) is 13.3. The number of hydrogen-bond acceptors (Lipinski definition) is 6. The number of nitro benzene ring substituents is 1. The fraction of sp³-hybridized carbons (Fsp3) is 0.222. The van der Waals surface area contributed by atoms with Gasteiger partial charge in [-0.3, -0.25) is 10.1 Å². The smallest absolute Gasteiger partial charge is 0.269 e. The van der Waals surface area contributed by atoms with Crippen LogP contribution in [-0.4, -0.2) is 25.9 Å². The number of ether oxygens (including phenoxy) is 4. The van der Waals surface area contributed by atoms with Gasteiger partial charge in [0.15, 0.2) is 35.7 Å². The number of nitrogens with zero attached hydrogens (tertiary/aromatic N) is 2. The van der Waals surface area contributed by atoms with E-state index in [9.17, 15) is 10.1 Å². The predicted octanol–water partition coefficient (Wildman–Crippen LogP) is 4.60. The lowest BCUT2D eigenvalue weighted by Gasteiger charge is -2.21. The second-order valence-electron chi connectivity index (χ2n) is 8.62. The highest BCUT2D eigenvalue weighted by Crippen LogP contribution is 2.44. The van der Waals surface area contributed by atoms with E-state index in [0.29, 0.717) is 17.9 Å². The molecule has 0 atom stereocenters. The van der Waals surface area contributed by atoms with Crippen LogP contribution in [0.5, 0.6) is 23.0 Å². The highest BCUT2D eigenvalue weighted by atomic mass is 16.7. The molecule has 0 saturated heterocycles. The predicted molar refractivity (Wildman–Crippen MR) is 128 cm³/mol. The molecule has 4 aromatic rings. The number of aryl methyl sites for hydroxylation is 2. The molecule has 0 N–H and O–H groups in total. The van der Waals surface area contributed by atoms with Crippen molar-refractivity contribution in [2.24, 2.45) is 0 Å². The summed E-state index contributed by atoms with van der Waals surface area (Å²) in [5, 5.41) is 13.1. The molecular weight excluding hydrogens is 448 g/mol. The molecule has 3 aromatic carbocycles. The van der Waals surface area contributed by atoms with Crippen LogP contribution in [0.15, 0.2) is 54.7 Å². The molecule has 6 rings (SSSR count). The highest BCUT2D eigenvalue weighted by molar-refractivity contribution is 5.95. The Morgan fingerprint density at radius 2 is 1.77 bits per heavy atom. The van der Waals surface area contributed by atoms with Crippen LogP contribution in [-0.2, 0) is 19.4 Å². The van der Waals surface area contributed by atoms with Crippen molar-refractivity contribution < 1.29 is 28.4 Å². The van der Waals surface area contributed by atoms with Crippen LogP contribution in [0.25, 0.3) is 22.0 Å². The third-order valence-corrected chi connectivity index (χ3v) is 6.77. The van der Waals surface area contributed by atoms with E-state index in [1.54, 1.807) is 26.4 Å². The zero-order chi connectivity index (χ0) is 24.1. The number of nitro groups is 1. The van der Waals surface area contributed by atoms with Crippen molar-refractivity contribution in [1.82, 2.24) is 0 Å². The molecule has 0 aliphatic carbocycles. The zero-order valence-corrected chi connectivity index (χ0v) is 19.4. The second-order valence-corrected chi connectivity index (χ2v) is 8.62. The molecule has 2 aliphatic heterocycles. The minimum absolute atomic E-state index is 0.0764. The Balaban J connectivity index is 1.61. The van der Waals surface area contributed by atoms with Gasteiger partial charge in [-0.25, -0.2) is 0 Å².